The number of aromatic nitrogens is 1. The molecule has 8 heteroatoms. The number of nitrogens with zero attached hydrogens (tertiary/aromatic N) is 4. The molecule has 1 saturated carbocycles. The molecule has 5 nitrogen and oxygen atoms in total. The highest BCUT2D eigenvalue weighted by Gasteiger charge is 2.34. The molecule has 1 aliphatic carbocycles. The molecule has 2 aliphatic heterocycles. The van der Waals surface area contributed by atoms with E-state index in [1.54, 1.807) is 29.3 Å². The van der Waals surface area contributed by atoms with E-state index < -0.39 is 5.92 Å². The highest BCUT2D eigenvalue weighted by molar-refractivity contribution is 6.31. The molecule has 0 radical (unpaired) electrons. The zero-order valence-corrected chi connectivity index (χ0v) is 22.0. The first-order valence-corrected chi connectivity index (χ1v) is 13.7. The van der Waals surface area contributed by atoms with Gasteiger partial charge in [0.1, 0.15) is 0 Å². The van der Waals surface area contributed by atoms with E-state index in [0.717, 1.165) is 31.0 Å². The molecule has 5 rings (SSSR count). The molecule has 1 aromatic carbocycles. The summed E-state index contributed by atoms with van der Waals surface area (Å²) >= 11 is 6.34. The van der Waals surface area contributed by atoms with E-state index in [2.05, 4.69) is 28.1 Å². The highest BCUT2D eigenvalue weighted by atomic mass is 35.5. The third kappa shape index (κ3) is 7.15. The van der Waals surface area contributed by atoms with E-state index in [4.69, 9.17) is 11.6 Å². The number of benzene rings is 1. The van der Waals surface area contributed by atoms with Crippen LogP contribution in [0.15, 0.2) is 42.6 Å². The molecule has 0 N–H and O–H groups in total. The fourth-order valence-electron chi connectivity index (χ4n) is 5.29. The van der Waals surface area contributed by atoms with Crippen molar-refractivity contribution in [2.75, 3.05) is 39.3 Å². The predicted octanol–water partition coefficient (Wildman–Crippen LogP) is 5.28. The van der Waals surface area contributed by atoms with E-state index in [1.807, 2.05) is 11.0 Å². The van der Waals surface area contributed by atoms with E-state index in [-0.39, 0.29) is 25.3 Å². The van der Waals surface area contributed by atoms with E-state index >= 15 is 0 Å². The zero-order chi connectivity index (χ0) is 25.8. The summed E-state index contributed by atoms with van der Waals surface area (Å²) in [6.07, 6.45) is 8.66. The number of amides is 1. The third-order valence-electron chi connectivity index (χ3n) is 7.76. The van der Waals surface area contributed by atoms with Crippen LogP contribution in [0.5, 0.6) is 0 Å². The molecule has 0 spiro atoms. The monoisotopic (exact) mass is 528 g/mol. The lowest BCUT2D eigenvalue weighted by atomic mass is 9.94. The van der Waals surface area contributed by atoms with Crippen molar-refractivity contribution in [3.05, 3.63) is 70.0 Å². The van der Waals surface area contributed by atoms with Crippen molar-refractivity contribution in [3.63, 3.8) is 0 Å². The van der Waals surface area contributed by atoms with Gasteiger partial charge in [-0.15, -0.1) is 0 Å². The smallest absolute Gasteiger partial charge is 0.250 e. The minimum Gasteiger partial charge on any atom is -0.332 e. The largest absolute Gasteiger partial charge is 0.332 e. The van der Waals surface area contributed by atoms with Crippen LogP contribution in [0, 0.1) is 5.92 Å². The van der Waals surface area contributed by atoms with Gasteiger partial charge in [-0.25, -0.2) is 8.78 Å². The summed E-state index contributed by atoms with van der Waals surface area (Å²) < 4.78 is 27.1. The van der Waals surface area contributed by atoms with Crippen LogP contribution in [-0.4, -0.2) is 70.8 Å². The number of fused-ring (bicyclic) bond motifs is 1. The summed E-state index contributed by atoms with van der Waals surface area (Å²) in [4.78, 5) is 24.0. The highest BCUT2D eigenvalue weighted by Crippen LogP contribution is 2.32. The van der Waals surface area contributed by atoms with Crippen LogP contribution in [0.3, 0.4) is 0 Å². The van der Waals surface area contributed by atoms with Gasteiger partial charge >= 0.3 is 0 Å². The minimum absolute atomic E-state index is 0.132. The van der Waals surface area contributed by atoms with Gasteiger partial charge in [-0.3, -0.25) is 14.7 Å². The molecule has 1 aromatic heterocycles. The second-order valence-electron chi connectivity index (χ2n) is 10.6. The van der Waals surface area contributed by atoms with Gasteiger partial charge in [0.05, 0.1) is 17.3 Å². The molecule has 3 heterocycles. The molecule has 2 aromatic rings. The van der Waals surface area contributed by atoms with Crippen LogP contribution in [-0.2, 0) is 24.3 Å². The topological polar surface area (TPSA) is 39.7 Å². The van der Waals surface area contributed by atoms with Crippen molar-refractivity contribution in [1.82, 2.24) is 19.7 Å². The standard InChI is InChI=1S/C29H35ClF2N4O/c30-26-5-2-13-33-27(26)21-36(18-17-34-15-11-29(31,32)12-16-34)28(37)9-8-23-3-1-4-24-20-35(14-10-25(23)24)19-22-6-7-22/h1-5,8-9,13,22H,6-7,10-12,14-21H2. The molecule has 37 heavy (non-hydrogen) atoms. The molecule has 0 unspecified atom stereocenters. The van der Waals surface area contributed by atoms with Gasteiger partial charge in [0.25, 0.3) is 5.92 Å². The quantitative estimate of drug-likeness (QED) is 0.415. The number of piperidine rings is 1. The number of hydrogen-bond acceptors (Lipinski definition) is 4. The second-order valence-corrected chi connectivity index (χ2v) is 11.0. The molecular weight excluding hydrogens is 494 g/mol. The maximum Gasteiger partial charge on any atom is 0.250 e. The summed E-state index contributed by atoms with van der Waals surface area (Å²) in [6, 6.07) is 9.87. The Morgan fingerprint density at radius 2 is 1.95 bits per heavy atom. The van der Waals surface area contributed by atoms with Crippen molar-refractivity contribution >= 4 is 23.6 Å². The van der Waals surface area contributed by atoms with E-state index in [9.17, 15) is 13.6 Å². The van der Waals surface area contributed by atoms with Gasteiger partial charge in [-0.2, -0.15) is 0 Å². The molecule has 0 atom stereocenters. The van der Waals surface area contributed by atoms with Gasteiger partial charge < -0.3 is 9.80 Å². The average Bonchev–Trinajstić information content (AvgIpc) is 3.70. The van der Waals surface area contributed by atoms with Gasteiger partial charge in [-0.05, 0) is 60.1 Å². The Bertz CT molecular complexity index is 1130. The van der Waals surface area contributed by atoms with Crippen molar-refractivity contribution in [3.8, 4) is 0 Å². The van der Waals surface area contributed by atoms with Crippen LogP contribution < -0.4 is 0 Å². The number of likely N-dealkylation sites (tertiary alicyclic amines) is 1. The Kier molecular flexibility index (Phi) is 8.22. The van der Waals surface area contributed by atoms with Crippen LogP contribution in [0.1, 0.15) is 48.1 Å². The number of carbonyl (C=O) groups excluding carboxylic acids is 1. The number of rotatable bonds is 9. The Morgan fingerprint density at radius 1 is 1.14 bits per heavy atom. The first-order valence-electron chi connectivity index (χ1n) is 13.4. The average molecular weight is 529 g/mol. The number of hydrogen-bond donors (Lipinski definition) is 0. The first kappa shape index (κ1) is 26.3. The molecular formula is C29H35ClF2N4O. The summed E-state index contributed by atoms with van der Waals surface area (Å²) in [7, 11) is 0. The summed E-state index contributed by atoms with van der Waals surface area (Å²) in [5, 5.41) is 0.509. The number of halogens is 3. The van der Waals surface area contributed by atoms with E-state index in [1.165, 1.54) is 30.5 Å². The minimum atomic E-state index is -2.58. The van der Waals surface area contributed by atoms with Crippen LogP contribution in [0.4, 0.5) is 8.78 Å². The first-order chi connectivity index (χ1) is 17.9. The Hall–Kier alpha value is -2.35. The van der Waals surface area contributed by atoms with Crippen LogP contribution in [0.2, 0.25) is 5.02 Å². The summed E-state index contributed by atoms with van der Waals surface area (Å²) in [5.41, 5.74) is 4.39. The lowest BCUT2D eigenvalue weighted by Gasteiger charge is -2.33. The maximum absolute atomic E-state index is 13.6. The fraction of sp³-hybridized carbons (Fsp3) is 0.517. The van der Waals surface area contributed by atoms with E-state index in [0.29, 0.717) is 36.9 Å². The molecule has 198 valence electrons. The normalized spacial score (nSPS) is 20.2. The number of carbonyl (C=O) groups is 1. The molecule has 1 amide bonds. The van der Waals surface area contributed by atoms with Gasteiger partial charge in [0.2, 0.25) is 5.91 Å². The Morgan fingerprint density at radius 3 is 2.70 bits per heavy atom. The number of pyridine rings is 1. The van der Waals surface area contributed by atoms with Crippen LogP contribution >= 0.6 is 11.6 Å². The molecule has 3 aliphatic rings. The van der Waals surface area contributed by atoms with Crippen molar-refractivity contribution < 1.29 is 13.6 Å². The van der Waals surface area contributed by atoms with Crippen molar-refractivity contribution in [1.29, 1.82) is 0 Å². The second kappa shape index (κ2) is 11.6. The lowest BCUT2D eigenvalue weighted by molar-refractivity contribution is -0.127. The zero-order valence-electron chi connectivity index (χ0n) is 21.2. The van der Waals surface area contributed by atoms with Gasteiger partial charge in [0, 0.05) is 70.9 Å². The lowest BCUT2D eigenvalue weighted by Crippen LogP contribution is -2.44. The van der Waals surface area contributed by atoms with Gasteiger partial charge in [0.15, 0.2) is 0 Å². The summed E-state index contributed by atoms with van der Waals surface area (Å²) in [6.45, 7) is 5.13. The number of alkyl halides is 2. The Labute approximate surface area is 223 Å². The molecule has 0 bridgehead atoms. The third-order valence-corrected chi connectivity index (χ3v) is 8.10. The maximum atomic E-state index is 13.6. The molecule has 1 saturated heterocycles. The van der Waals surface area contributed by atoms with Gasteiger partial charge in [-0.1, -0.05) is 29.8 Å². The SMILES string of the molecule is O=C(C=Cc1cccc2c1CCN(CC1CC1)C2)N(CCN1CCC(F)(F)CC1)Cc1ncccc1Cl. The van der Waals surface area contributed by atoms with Crippen molar-refractivity contribution in [2.45, 2.75) is 51.1 Å². The van der Waals surface area contributed by atoms with Crippen LogP contribution in [0.25, 0.3) is 6.08 Å². The molecule has 2 fully saturated rings. The van der Waals surface area contributed by atoms with Crippen molar-refractivity contribution in [2.24, 2.45) is 5.92 Å². The Balaban J connectivity index is 1.26. The summed E-state index contributed by atoms with van der Waals surface area (Å²) in [5.74, 6) is -1.84. The fourth-order valence-corrected chi connectivity index (χ4v) is 5.47. The predicted molar refractivity (Wildman–Crippen MR) is 142 cm³/mol.